The molecule has 0 N–H and O–H groups in total. The molecule has 0 amide bonds. The molecule has 0 fully saturated rings. The molecule has 1 nitrogen and oxygen atoms in total. The Morgan fingerprint density at radius 3 is 2.47 bits per heavy atom. The van der Waals surface area contributed by atoms with Crippen molar-refractivity contribution in [3.63, 3.8) is 0 Å². The molecule has 0 heterocycles. The summed E-state index contributed by atoms with van der Waals surface area (Å²) in [4.78, 5) is 2.40. The van der Waals surface area contributed by atoms with Gasteiger partial charge in [0.25, 0.3) is 0 Å². The minimum atomic E-state index is 1.06. The Balaban J connectivity index is 2.07. The Morgan fingerprint density at radius 1 is 0.947 bits per heavy atom. The fourth-order valence-corrected chi connectivity index (χ4v) is 3.34. The van der Waals surface area contributed by atoms with Crippen molar-refractivity contribution in [3.05, 3.63) is 52.0 Å². The second-order valence-corrected chi connectivity index (χ2v) is 5.91. The van der Waals surface area contributed by atoms with Crippen molar-refractivity contribution in [1.29, 1.82) is 0 Å². The van der Waals surface area contributed by atoms with Crippen LogP contribution in [-0.4, -0.2) is 13.1 Å². The van der Waals surface area contributed by atoms with Gasteiger partial charge in [-0.15, -0.1) is 0 Å². The molecule has 3 rings (SSSR count). The summed E-state index contributed by atoms with van der Waals surface area (Å²) >= 11 is 3.56. The topological polar surface area (TPSA) is 3.24 Å². The molecule has 0 aliphatic heterocycles. The molecule has 0 saturated heterocycles. The van der Waals surface area contributed by atoms with E-state index in [1.807, 2.05) is 0 Å². The zero-order valence-electron chi connectivity index (χ0n) is 11.4. The van der Waals surface area contributed by atoms with Crippen molar-refractivity contribution < 1.29 is 0 Å². The van der Waals surface area contributed by atoms with Crippen LogP contribution < -0.4 is 4.90 Å². The van der Waals surface area contributed by atoms with Gasteiger partial charge in [0.05, 0.1) is 0 Å². The zero-order valence-corrected chi connectivity index (χ0v) is 13.0. The highest BCUT2D eigenvalue weighted by Crippen LogP contribution is 2.39. The number of nitrogens with zero attached hydrogens (tertiary/aromatic N) is 1. The second kappa shape index (κ2) is 5.01. The maximum Gasteiger partial charge on any atom is 0.0372 e. The zero-order chi connectivity index (χ0) is 13.4. The molecule has 0 bridgehead atoms. The molecule has 0 spiro atoms. The average Bonchev–Trinajstić information content (AvgIpc) is 2.77. The highest BCUT2D eigenvalue weighted by Gasteiger charge is 2.19. The fourth-order valence-electron chi connectivity index (χ4n) is 2.93. The Kier molecular flexibility index (Phi) is 3.36. The highest BCUT2D eigenvalue weighted by molar-refractivity contribution is 9.10. The minimum Gasteiger partial charge on any atom is -0.372 e. The second-order valence-electron chi connectivity index (χ2n) is 4.99. The van der Waals surface area contributed by atoms with Crippen LogP contribution in [-0.2, 0) is 6.42 Å². The first kappa shape index (κ1) is 12.7. The number of halogens is 1. The number of benzene rings is 2. The number of hydrogen-bond donors (Lipinski definition) is 0. The molecule has 1 aliphatic rings. The average molecular weight is 316 g/mol. The van der Waals surface area contributed by atoms with E-state index in [0.717, 1.165) is 19.5 Å². The predicted octanol–water partition coefficient (Wildman–Crippen LogP) is 4.87. The smallest absolute Gasteiger partial charge is 0.0372 e. The van der Waals surface area contributed by atoms with Crippen molar-refractivity contribution in [2.75, 3.05) is 18.0 Å². The standard InChI is InChI=1S/C17H18BrN/c1-3-19(4-2)15-7-5-12-9-13-10-14(18)6-8-16(13)17(12)11-15/h5-8,10-11H,3-4,9H2,1-2H3. The highest BCUT2D eigenvalue weighted by atomic mass is 79.9. The number of hydrogen-bond acceptors (Lipinski definition) is 1. The lowest BCUT2D eigenvalue weighted by Crippen LogP contribution is -2.21. The van der Waals surface area contributed by atoms with Crippen LogP contribution in [0.2, 0.25) is 0 Å². The summed E-state index contributed by atoms with van der Waals surface area (Å²) in [6, 6.07) is 13.5. The normalized spacial score (nSPS) is 12.2. The molecule has 2 heteroatoms. The van der Waals surface area contributed by atoms with Gasteiger partial charge in [-0.3, -0.25) is 0 Å². The molecule has 0 radical (unpaired) electrons. The van der Waals surface area contributed by atoms with Crippen LogP contribution >= 0.6 is 15.9 Å². The van der Waals surface area contributed by atoms with Crippen LogP contribution in [0.1, 0.15) is 25.0 Å². The van der Waals surface area contributed by atoms with Crippen molar-refractivity contribution in [3.8, 4) is 11.1 Å². The first-order valence-electron chi connectivity index (χ1n) is 6.89. The van der Waals surface area contributed by atoms with Gasteiger partial charge >= 0.3 is 0 Å². The molecular weight excluding hydrogens is 298 g/mol. The van der Waals surface area contributed by atoms with Crippen molar-refractivity contribution in [1.82, 2.24) is 0 Å². The number of anilines is 1. The monoisotopic (exact) mass is 315 g/mol. The van der Waals surface area contributed by atoms with Gasteiger partial charge in [0, 0.05) is 23.2 Å². The van der Waals surface area contributed by atoms with E-state index in [-0.39, 0.29) is 0 Å². The number of rotatable bonds is 3. The minimum absolute atomic E-state index is 1.06. The third kappa shape index (κ3) is 2.18. The van der Waals surface area contributed by atoms with E-state index in [1.165, 1.54) is 32.4 Å². The van der Waals surface area contributed by atoms with Gasteiger partial charge in [0.2, 0.25) is 0 Å². The van der Waals surface area contributed by atoms with E-state index >= 15 is 0 Å². The predicted molar refractivity (Wildman–Crippen MR) is 85.9 cm³/mol. The maximum absolute atomic E-state index is 3.56. The van der Waals surface area contributed by atoms with Crippen LogP contribution in [0.3, 0.4) is 0 Å². The third-order valence-corrected chi connectivity index (χ3v) is 4.45. The van der Waals surface area contributed by atoms with Gasteiger partial charge in [-0.1, -0.05) is 28.1 Å². The first-order valence-corrected chi connectivity index (χ1v) is 7.69. The summed E-state index contributed by atoms with van der Waals surface area (Å²) in [6.45, 7) is 6.54. The van der Waals surface area contributed by atoms with Gasteiger partial charge < -0.3 is 4.90 Å². The molecule has 1 aliphatic carbocycles. The lowest BCUT2D eigenvalue weighted by atomic mass is 10.0. The molecule has 2 aromatic rings. The third-order valence-electron chi connectivity index (χ3n) is 3.96. The number of fused-ring (bicyclic) bond motifs is 3. The Labute approximate surface area is 123 Å². The van der Waals surface area contributed by atoms with Crippen molar-refractivity contribution in [2.45, 2.75) is 20.3 Å². The Morgan fingerprint density at radius 2 is 1.74 bits per heavy atom. The van der Waals surface area contributed by atoms with Gasteiger partial charge in [0.1, 0.15) is 0 Å². The molecule has 2 aromatic carbocycles. The van der Waals surface area contributed by atoms with Crippen LogP contribution in [0.25, 0.3) is 11.1 Å². The van der Waals surface area contributed by atoms with E-state index in [1.54, 1.807) is 0 Å². The van der Waals surface area contributed by atoms with E-state index in [0.29, 0.717) is 0 Å². The van der Waals surface area contributed by atoms with E-state index < -0.39 is 0 Å². The summed E-state index contributed by atoms with van der Waals surface area (Å²) in [5.74, 6) is 0. The fraction of sp³-hybridized carbons (Fsp3) is 0.294. The Bertz CT molecular complexity index is 615. The van der Waals surface area contributed by atoms with Crippen LogP contribution in [0, 0.1) is 0 Å². The molecular formula is C17H18BrN. The van der Waals surface area contributed by atoms with Crippen LogP contribution in [0.5, 0.6) is 0 Å². The van der Waals surface area contributed by atoms with E-state index in [4.69, 9.17) is 0 Å². The molecule has 0 atom stereocenters. The van der Waals surface area contributed by atoms with Crippen LogP contribution in [0.15, 0.2) is 40.9 Å². The SMILES string of the molecule is CCN(CC)c1ccc2c(c1)-c1ccc(Br)cc1C2. The summed E-state index contributed by atoms with van der Waals surface area (Å²) in [5.41, 5.74) is 7.02. The summed E-state index contributed by atoms with van der Waals surface area (Å²) in [6.07, 6.45) is 1.06. The summed E-state index contributed by atoms with van der Waals surface area (Å²) < 4.78 is 1.17. The van der Waals surface area contributed by atoms with Gasteiger partial charge in [-0.05, 0) is 66.8 Å². The molecule has 98 valence electrons. The summed E-state index contributed by atoms with van der Waals surface area (Å²) in [7, 11) is 0. The maximum atomic E-state index is 3.56. The lowest BCUT2D eigenvalue weighted by molar-refractivity contribution is 0.866. The van der Waals surface area contributed by atoms with Crippen molar-refractivity contribution >= 4 is 21.6 Å². The molecule has 0 aromatic heterocycles. The summed E-state index contributed by atoms with van der Waals surface area (Å²) in [5, 5.41) is 0. The largest absolute Gasteiger partial charge is 0.372 e. The van der Waals surface area contributed by atoms with E-state index in [9.17, 15) is 0 Å². The van der Waals surface area contributed by atoms with Crippen molar-refractivity contribution in [2.24, 2.45) is 0 Å². The molecule has 0 saturated carbocycles. The van der Waals surface area contributed by atoms with Gasteiger partial charge in [-0.2, -0.15) is 0 Å². The van der Waals surface area contributed by atoms with Crippen LogP contribution in [0.4, 0.5) is 5.69 Å². The first-order chi connectivity index (χ1) is 9.22. The lowest BCUT2D eigenvalue weighted by Gasteiger charge is -2.21. The molecule has 0 unspecified atom stereocenters. The van der Waals surface area contributed by atoms with E-state index in [2.05, 4.69) is 71.1 Å². The Hall–Kier alpha value is -1.28. The molecule has 19 heavy (non-hydrogen) atoms. The van der Waals surface area contributed by atoms with Gasteiger partial charge in [-0.25, -0.2) is 0 Å². The quantitative estimate of drug-likeness (QED) is 0.666. The van der Waals surface area contributed by atoms with Gasteiger partial charge in [0.15, 0.2) is 0 Å².